The van der Waals surface area contributed by atoms with Crippen LogP contribution in [-0.2, 0) is 0 Å². The highest BCUT2D eigenvalue weighted by Gasteiger charge is 1.99. The van der Waals surface area contributed by atoms with E-state index in [4.69, 9.17) is 4.74 Å². The van der Waals surface area contributed by atoms with E-state index in [0.29, 0.717) is 5.92 Å². The number of thiol groups is 1. The van der Waals surface area contributed by atoms with Crippen LogP contribution in [0.2, 0.25) is 0 Å². The Bertz CT molecular complexity index is 210. The average molecular weight is 182 g/mol. The van der Waals surface area contributed by atoms with E-state index >= 15 is 0 Å². The van der Waals surface area contributed by atoms with Gasteiger partial charge in [-0.1, -0.05) is 25.1 Å². The number of para-hydroxylation sites is 1. The van der Waals surface area contributed by atoms with E-state index in [0.717, 1.165) is 18.1 Å². The van der Waals surface area contributed by atoms with Gasteiger partial charge in [0.05, 0.1) is 6.61 Å². The normalized spacial score (nSPS) is 12.5. The summed E-state index contributed by atoms with van der Waals surface area (Å²) in [4.78, 5) is 0. The van der Waals surface area contributed by atoms with Crippen molar-refractivity contribution >= 4 is 12.6 Å². The molecule has 1 atom stereocenters. The van der Waals surface area contributed by atoms with Crippen LogP contribution < -0.4 is 4.74 Å². The third-order valence-corrected chi connectivity index (χ3v) is 2.21. The lowest BCUT2D eigenvalue weighted by molar-refractivity contribution is 0.273. The molecule has 0 saturated carbocycles. The molecule has 0 aliphatic heterocycles. The van der Waals surface area contributed by atoms with Crippen molar-refractivity contribution in [1.82, 2.24) is 0 Å². The first-order chi connectivity index (χ1) is 5.83. The number of hydrogen-bond acceptors (Lipinski definition) is 2. The van der Waals surface area contributed by atoms with E-state index in [1.807, 2.05) is 30.3 Å². The number of benzene rings is 1. The van der Waals surface area contributed by atoms with Gasteiger partial charge in [-0.05, 0) is 23.8 Å². The molecule has 1 unspecified atom stereocenters. The lowest BCUT2D eigenvalue weighted by atomic mass is 10.2. The summed E-state index contributed by atoms with van der Waals surface area (Å²) in [6, 6.07) is 9.85. The fraction of sp³-hybridized carbons (Fsp3) is 0.400. The van der Waals surface area contributed by atoms with Gasteiger partial charge in [-0.15, -0.1) is 0 Å². The number of ether oxygens (including phenoxy) is 1. The van der Waals surface area contributed by atoms with E-state index in [2.05, 4.69) is 19.6 Å². The Morgan fingerprint density at radius 2 is 2.00 bits per heavy atom. The van der Waals surface area contributed by atoms with Gasteiger partial charge in [0.1, 0.15) is 5.75 Å². The third kappa shape index (κ3) is 3.18. The Labute approximate surface area is 79.2 Å². The Kier molecular flexibility index (Phi) is 4.01. The average Bonchev–Trinajstić information content (AvgIpc) is 2.16. The van der Waals surface area contributed by atoms with E-state index in [9.17, 15) is 0 Å². The van der Waals surface area contributed by atoms with Crippen molar-refractivity contribution in [3.8, 4) is 5.75 Å². The van der Waals surface area contributed by atoms with Gasteiger partial charge < -0.3 is 4.74 Å². The van der Waals surface area contributed by atoms with Crippen molar-refractivity contribution in [2.24, 2.45) is 5.92 Å². The Morgan fingerprint density at radius 1 is 1.33 bits per heavy atom. The molecule has 0 radical (unpaired) electrons. The quantitative estimate of drug-likeness (QED) is 0.704. The summed E-state index contributed by atoms with van der Waals surface area (Å²) in [5.41, 5.74) is 0. The van der Waals surface area contributed by atoms with Crippen molar-refractivity contribution < 1.29 is 4.74 Å². The smallest absolute Gasteiger partial charge is 0.119 e. The van der Waals surface area contributed by atoms with Gasteiger partial charge >= 0.3 is 0 Å². The molecule has 1 rings (SSSR count). The van der Waals surface area contributed by atoms with Crippen LogP contribution in [0.1, 0.15) is 6.92 Å². The Hall–Kier alpha value is -0.630. The summed E-state index contributed by atoms with van der Waals surface area (Å²) in [6.07, 6.45) is 0. The monoisotopic (exact) mass is 182 g/mol. The van der Waals surface area contributed by atoms with Gasteiger partial charge in [-0.25, -0.2) is 0 Å². The second-order valence-corrected chi connectivity index (χ2v) is 3.28. The second kappa shape index (κ2) is 5.09. The van der Waals surface area contributed by atoms with Crippen LogP contribution in [0.25, 0.3) is 0 Å². The highest BCUT2D eigenvalue weighted by Crippen LogP contribution is 2.10. The minimum Gasteiger partial charge on any atom is -0.493 e. The Morgan fingerprint density at radius 3 is 2.58 bits per heavy atom. The summed E-state index contributed by atoms with van der Waals surface area (Å²) in [5, 5.41) is 0. The van der Waals surface area contributed by atoms with Crippen molar-refractivity contribution in [2.75, 3.05) is 12.4 Å². The molecule has 1 nitrogen and oxygen atoms in total. The zero-order chi connectivity index (χ0) is 8.81. The maximum absolute atomic E-state index is 5.51. The number of hydrogen-bond donors (Lipinski definition) is 1. The first-order valence-corrected chi connectivity index (χ1v) is 4.75. The first kappa shape index (κ1) is 9.46. The van der Waals surface area contributed by atoms with Crippen LogP contribution in [-0.4, -0.2) is 12.4 Å². The molecule has 0 aliphatic rings. The van der Waals surface area contributed by atoms with E-state index in [1.165, 1.54) is 0 Å². The predicted molar refractivity (Wildman–Crippen MR) is 55.0 cm³/mol. The molecule has 12 heavy (non-hydrogen) atoms. The van der Waals surface area contributed by atoms with Crippen molar-refractivity contribution in [1.29, 1.82) is 0 Å². The van der Waals surface area contributed by atoms with Gasteiger partial charge in [0.25, 0.3) is 0 Å². The SMILES string of the molecule is CC(CS)COc1ccccc1. The fourth-order valence-electron chi connectivity index (χ4n) is 0.808. The maximum atomic E-state index is 5.51. The van der Waals surface area contributed by atoms with E-state index in [1.54, 1.807) is 0 Å². The van der Waals surface area contributed by atoms with Gasteiger partial charge in [-0.2, -0.15) is 12.6 Å². The van der Waals surface area contributed by atoms with Crippen LogP contribution >= 0.6 is 12.6 Å². The lowest BCUT2D eigenvalue weighted by Gasteiger charge is -2.09. The van der Waals surface area contributed by atoms with Crippen LogP contribution in [0.5, 0.6) is 5.75 Å². The molecule has 0 saturated heterocycles. The predicted octanol–water partition coefficient (Wildman–Crippen LogP) is 2.63. The molecular weight excluding hydrogens is 168 g/mol. The summed E-state index contributed by atoms with van der Waals surface area (Å²) in [6.45, 7) is 2.86. The summed E-state index contributed by atoms with van der Waals surface area (Å²) >= 11 is 4.18. The molecule has 1 aromatic carbocycles. The van der Waals surface area contributed by atoms with E-state index in [-0.39, 0.29) is 0 Å². The van der Waals surface area contributed by atoms with Crippen molar-refractivity contribution in [2.45, 2.75) is 6.92 Å². The van der Waals surface area contributed by atoms with Crippen molar-refractivity contribution in [3.63, 3.8) is 0 Å². The fourth-order valence-corrected chi connectivity index (χ4v) is 0.913. The minimum atomic E-state index is 0.508. The highest BCUT2D eigenvalue weighted by molar-refractivity contribution is 7.80. The van der Waals surface area contributed by atoms with Gasteiger partial charge in [0, 0.05) is 0 Å². The topological polar surface area (TPSA) is 9.23 Å². The Balaban J connectivity index is 2.33. The minimum absolute atomic E-state index is 0.508. The van der Waals surface area contributed by atoms with Gasteiger partial charge in [0.15, 0.2) is 0 Å². The van der Waals surface area contributed by atoms with Crippen LogP contribution in [0.3, 0.4) is 0 Å². The zero-order valence-corrected chi connectivity index (χ0v) is 8.13. The van der Waals surface area contributed by atoms with E-state index < -0.39 is 0 Å². The summed E-state index contributed by atoms with van der Waals surface area (Å²) in [7, 11) is 0. The largest absolute Gasteiger partial charge is 0.493 e. The van der Waals surface area contributed by atoms with Crippen LogP contribution in [0, 0.1) is 5.92 Å². The van der Waals surface area contributed by atoms with Crippen LogP contribution in [0.15, 0.2) is 30.3 Å². The molecule has 0 N–H and O–H groups in total. The highest BCUT2D eigenvalue weighted by atomic mass is 32.1. The third-order valence-electron chi connectivity index (χ3n) is 1.59. The molecule has 0 heterocycles. The number of rotatable bonds is 4. The maximum Gasteiger partial charge on any atom is 0.119 e. The zero-order valence-electron chi connectivity index (χ0n) is 7.23. The van der Waals surface area contributed by atoms with Crippen molar-refractivity contribution in [3.05, 3.63) is 30.3 Å². The molecule has 0 bridgehead atoms. The van der Waals surface area contributed by atoms with Gasteiger partial charge in [-0.3, -0.25) is 0 Å². The molecule has 0 aromatic heterocycles. The second-order valence-electron chi connectivity index (χ2n) is 2.91. The summed E-state index contributed by atoms with van der Waals surface area (Å²) in [5.74, 6) is 2.31. The molecule has 66 valence electrons. The lowest BCUT2D eigenvalue weighted by Crippen LogP contribution is -2.09. The van der Waals surface area contributed by atoms with Gasteiger partial charge in [0.2, 0.25) is 0 Å². The van der Waals surface area contributed by atoms with Crippen LogP contribution in [0.4, 0.5) is 0 Å². The molecule has 0 aliphatic carbocycles. The molecule has 1 aromatic rings. The first-order valence-electron chi connectivity index (χ1n) is 4.11. The molecule has 0 spiro atoms. The molecule has 0 amide bonds. The molecular formula is C10H14OS. The summed E-state index contributed by atoms with van der Waals surface area (Å²) < 4.78 is 5.51. The molecule has 2 heteroatoms. The molecule has 0 fully saturated rings. The standard InChI is InChI=1S/C10H14OS/c1-9(8-12)7-11-10-5-3-2-4-6-10/h2-6,9,12H,7-8H2,1H3.